The molecule has 1 aromatic carbocycles. The fourth-order valence-corrected chi connectivity index (χ4v) is 3.55. The van der Waals surface area contributed by atoms with Gasteiger partial charge in [-0.1, -0.05) is 0 Å². The third kappa shape index (κ3) is 5.35. The number of phenols is 1. The standard InChI is InChI=1S/C15H24Br2N2O/c1-10(2)19(11(3)4)6-5-18-9-12-7-13(16)15(20)14(17)8-12/h7-8,10-11,18,20H,5-6,9H2,1-4H3. The van der Waals surface area contributed by atoms with Crippen molar-refractivity contribution in [3.8, 4) is 5.75 Å². The second-order valence-corrected chi connectivity index (χ2v) is 7.22. The number of hydrogen-bond acceptors (Lipinski definition) is 3. The Hall–Kier alpha value is -0.100. The van der Waals surface area contributed by atoms with Crippen molar-refractivity contribution in [2.45, 2.75) is 46.3 Å². The van der Waals surface area contributed by atoms with Gasteiger partial charge in [-0.05, 0) is 77.3 Å². The average Bonchev–Trinajstić information content (AvgIpc) is 2.34. The number of halogens is 2. The summed E-state index contributed by atoms with van der Waals surface area (Å²) < 4.78 is 1.43. The lowest BCUT2D eigenvalue weighted by Gasteiger charge is -2.30. The van der Waals surface area contributed by atoms with Crippen molar-refractivity contribution in [1.29, 1.82) is 0 Å². The van der Waals surface area contributed by atoms with Gasteiger partial charge in [-0.3, -0.25) is 4.90 Å². The molecule has 0 heterocycles. The molecule has 114 valence electrons. The van der Waals surface area contributed by atoms with E-state index in [1.165, 1.54) is 0 Å². The van der Waals surface area contributed by atoms with E-state index in [1.807, 2.05) is 12.1 Å². The molecule has 20 heavy (non-hydrogen) atoms. The molecule has 5 heteroatoms. The summed E-state index contributed by atoms with van der Waals surface area (Å²) in [6.07, 6.45) is 0. The van der Waals surface area contributed by atoms with Crippen LogP contribution in [0.1, 0.15) is 33.3 Å². The predicted octanol–water partition coefficient (Wildman–Crippen LogP) is 4.13. The van der Waals surface area contributed by atoms with Crippen molar-refractivity contribution in [1.82, 2.24) is 10.2 Å². The molecule has 0 amide bonds. The maximum absolute atomic E-state index is 9.68. The van der Waals surface area contributed by atoms with Gasteiger partial charge in [0.2, 0.25) is 0 Å². The lowest BCUT2D eigenvalue weighted by Crippen LogP contribution is -2.41. The molecule has 3 nitrogen and oxygen atoms in total. The van der Waals surface area contributed by atoms with Crippen LogP contribution in [0.2, 0.25) is 0 Å². The van der Waals surface area contributed by atoms with Gasteiger partial charge in [-0.2, -0.15) is 0 Å². The van der Waals surface area contributed by atoms with Gasteiger partial charge < -0.3 is 10.4 Å². The Labute approximate surface area is 139 Å². The Bertz CT molecular complexity index is 405. The molecule has 0 atom stereocenters. The van der Waals surface area contributed by atoms with Crippen molar-refractivity contribution in [2.24, 2.45) is 0 Å². The summed E-state index contributed by atoms with van der Waals surface area (Å²) in [6, 6.07) is 5.01. The molecule has 0 spiro atoms. The fraction of sp³-hybridized carbons (Fsp3) is 0.600. The van der Waals surface area contributed by atoms with Crippen LogP contribution >= 0.6 is 31.9 Å². The first-order valence-corrected chi connectivity index (χ1v) is 8.54. The maximum atomic E-state index is 9.68. The molecule has 0 aliphatic heterocycles. The number of aromatic hydroxyl groups is 1. The molecule has 0 saturated heterocycles. The summed E-state index contributed by atoms with van der Waals surface area (Å²) in [7, 11) is 0. The molecule has 0 radical (unpaired) electrons. The molecule has 0 unspecified atom stereocenters. The topological polar surface area (TPSA) is 35.5 Å². The second kappa shape index (κ2) is 8.37. The summed E-state index contributed by atoms with van der Waals surface area (Å²) >= 11 is 6.70. The minimum Gasteiger partial charge on any atom is -0.506 e. The molecule has 1 rings (SSSR count). The van der Waals surface area contributed by atoms with Crippen LogP contribution in [-0.2, 0) is 6.54 Å². The normalized spacial score (nSPS) is 11.8. The van der Waals surface area contributed by atoms with Crippen LogP contribution in [-0.4, -0.2) is 35.2 Å². The zero-order chi connectivity index (χ0) is 15.3. The van der Waals surface area contributed by atoms with Gasteiger partial charge in [0.05, 0.1) is 8.95 Å². The van der Waals surface area contributed by atoms with E-state index in [9.17, 15) is 5.11 Å². The number of hydrogen-bond donors (Lipinski definition) is 2. The molecule has 0 saturated carbocycles. The smallest absolute Gasteiger partial charge is 0.143 e. The van der Waals surface area contributed by atoms with E-state index in [0.29, 0.717) is 12.1 Å². The van der Waals surface area contributed by atoms with E-state index in [1.54, 1.807) is 0 Å². The van der Waals surface area contributed by atoms with Gasteiger partial charge >= 0.3 is 0 Å². The second-order valence-electron chi connectivity index (χ2n) is 5.51. The number of phenolic OH excluding ortho intramolecular Hbond substituents is 1. The third-order valence-electron chi connectivity index (χ3n) is 3.28. The molecular formula is C15H24Br2N2O. The van der Waals surface area contributed by atoms with E-state index < -0.39 is 0 Å². The van der Waals surface area contributed by atoms with Crippen LogP contribution < -0.4 is 5.32 Å². The number of benzene rings is 1. The van der Waals surface area contributed by atoms with Gasteiger partial charge in [0.25, 0.3) is 0 Å². The first kappa shape index (κ1) is 18.0. The minimum absolute atomic E-state index is 0.250. The highest BCUT2D eigenvalue weighted by Gasteiger charge is 2.12. The lowest BCUT2D eigenvalue weighted by atomic mass is 10.2. The molecule has 0 aliphatic rings. The van der Waals surface area contributed by atoms with Gasteiger partial charge in [0.15, 0.2) is 0 Å². The zero-order valence-corrected chi connectivity index (χ0v) is 15.8. The SMILES string of the molecule is CC(C)N(CCNCc1cc(Br)c(O)c(Br)c1)C(C)C. The predicted molar refractivity (Wildman–Crippen MR) is 92.2 cm³/mol. The van der Waals surface area contributed by atoms with E-state index >= 15 is 0 Å². The average molecular weight is 408 g/mol. The van der Waals surface area contributed by atoms with Gasteiger partial charge in [0, 0.05) is 31.7 Å². The quantitative estimate of drug-likeness (QED) is 0.667. The summed E-state index contributed by atoms with van der Waals surface area (Å²) in [5.41, 5.74) is 1.14. The highest BCUT2D eigenvalue weighted by Crippen LogP contribution is 2.33. The Morgan fingerprint density at radius 3 is 2.05 bits per heavy atom. The summed E-state index contributed by atoms with van der Waals surface area (Å²) in [6.45, 7) is 11.7. The number of nitrogens with one attached hydrogen (secondary N) is 1. The van der Waals surface area contributed by atoms with Crippen molar-refractivity contribution < 1.29 is 5.11 Å². The minimum atomic E-state index is 0.250. The molecule has 0 aromatic heterocycles. The summed E-state index contributed by atoms with van der Waals surface area (Å²) in [5, 5.41) is 13.1. The van der Waals surface area contributed by atoms with Crippen molar-refractivity contribution in [3.63, 3.8) is 0 Å². The summed E-state index contributed by atoms with van der Waals surface area (Å²) in [4.78, 5) is 2.47. The molecule has 0 fully saturated rings. The maximum Gasteiger partial charge on any atom is 0.143 e. The van der Waals surface area contributed by atoms with Crippen molar-refractivity contribution >= 4 is 31.9 Å². The summed E-state index contributed by atoms with van der Waals surface area (Å²) in [5.74, 6) is 0.250. The van der Waals surface area contributed by atoms with Crippen molar-refractivity contribution in [2.75, 3.05) is 13.1 Å². The number of rotatable bonds is 7. The lowest BCUT2D eigenvalue weighted by molar-refractivity contribution is 0.176. The van der Waals surface area contributed by atoms with Crippen molar-refractivity contribution in [3.05, 3.63) is 26.6 Å². The fourth-order valence-electron chi connectivity index (χ4n) is 2.27. The van der Waals surface area contributed by atoms with Crippen LogP contribution in [0.15, 0.2) is 21.1 Å². The number of nitrogens with zero attached hydrogens (tertiary/aromatic N) is 1. The van der Waals surface area contributed by atoms with Gasteiger partial charge in [0.1, 0.15) is 5.75 Å². The largest absolute Gasteiger partial charge is 0.506 e. The Kier molecular flexibility index (Phi) is 7.51. The van der Waals surface area contributed by atoms with Crippen LogP contribution in [0.5, 0.6) is 5.75 Å². The van der Waals surface area contributed by atoms with E-state index in [-0.39, 0.29) is 5.75 Å². The first-order valence-electron chi connectivity index (χ1n) is 6.96. The Balaban J connectivity index is 2.45. The van der Waals surface area contributed by atoms with Crippen LogP contribution in [0.3, 0.4) is 0 Å². The Morgan fingerprint density at radius 2 is 1.60 bits per heavy atom. The van der Waals surface area contributed by atoms with Gasteiger partial charge in [-0.15, -0.1) is 0 Å². The van der Waals surface area contributed by atoms with E-state index in [4.69, 9.17) is 0 Å². The molecule has 1 aromatic rings. The first-order chi connectivity index (χ1) is 9.32. The van der Waals surface area contributed by atoms with Crippen LogP contribution in [0.4, 0.5) is 0 Å². The molecular weight excluding hydrogens is 384 g/mol. The third-order valence-corrected chi connectivity index (χ3v) is 4.49. The molecule has 2 N–H and O–H groups in total. The zero-order valence-electron chi connectivity index (χ0n) is 12.6. The monoisotopic (exact) mass is 406 g/mol. The Morgan fingerprint density at radius 1 is 1.10 bits per heavy atom. The van der Waals surface area contributed by atoms with Crippen LogP contribution in [0, 0.1) is 0 Å². The molecule has 0 bridgehead atoms. The van der Waals surface area contributed by atoms with Gasteiger partial charge in [-0.25, -0.2) is 0 Å². The highest BCUT2D eigenvalue weighted by molar-refractivity contribution is 9.11. The van der Waals surface area contributed by atoms with E-state index in [0.717, 1.165) is 34.1 Å². The highest BCUT2D eigenvalue weighted by atomic mass is 79.9. The molecule has 0 aliphatic carbocycles. The van der Waals surface area contributed by atoms with E-state index in [2.05, 4.69) is 69.8 Å². The van der Waals surface area contributed by atoms with Crippen LogP contribution in [0.25, 0.3) is 0 Å².